The van der Waals surface area contributed by atoms with E-state index in [-0.39, 0.29) is 24.4 Å². The van der Waals surface area contributed by atoms with Gasteiger partial charge in [0.15, 0.2) is 5.65 Å². The van der Waals surface area contributed by atoms with Crippen LogP contribution in [0.3, 0.4) is 0 Å². The van der Waals surface area contributed by atoms with Gasteiger partial charge in [0, 0.05) is 36.1 Å². The summed E-state index contributed by atoms with van der Waals surface area (Å²) in [5.74, 6) is -0.337. The Morgan fingerprint density at radius 2 is 1.71 bits per heavy atom. The molecular formula is C25H27F3N6O. The van der Waals surface area contributed by atoms with Crippen LogP contribution in [0.25, 0.3) is 11.3 Å². The quantitative estimate of drug-likeness (QED) is 0.430. The van der Waals surface area contributed by atoms with E-state index in [0.29, 0.717) is 12.1 Å². The number of carbonyl (C=O) groups excluding carboxylic acids is 1. The molecule has 7 nitrogen and oxygen atoms in total. The molecule has 3 heterocycles. The molecule has 0 aliphatic heterocycles. The highest BCUT2D eigenvalue weighted by molar-refractivity contribution is 5.76. The Kier molecular flexibility index (Phi) is 6.40. The van der Waals surface area contributed by atoms with Gasteiger partial charge in [-0.25, -0.2) is 14.2 Å². The second-order valence-corrected chi connectivity index (χ2v) is 8.77. The minimum Gasteiger partial charge on any atom is -0.352 e. The second kappa shape index (κ2) is 9.16. The van der Waals surface area contributed by atoms with Crippen LogP contribution in [0, 0.1) is 34.6 Å². The molecule has 35 heavy (non-hydrogen) atoms. The minimum atomic E-state index is -4.57. The SMILES string of the molecule is Cc1cc(C)n(-c2ccc(CNC(=O)CCc3c(C)nc4cc(C)nn4c3C)c(C(F)(F)F)c2)n1. The van der Waals surface area contributed by atoms with Gasteiger partial charge in [-0.05, 0) is 70.4 Å². The summed E-state index contributed by atoms with van der Waals surface area (Å²) in [7, 11) is 0. The highest BCUT2D eigenvalue weighted by Gasteiger charge is 2.34. The Balaban J connectivity index is 1.48. The van der Waals surface area contributed by atoms with Crippen molar-refractivity contribution in [3.8, 4) is 5.69 Å². The van der Waals surface area contributed by atoms with Gasteiger partial charge in [-0.3, -0.25) is 4.79 Å². The number of hydrogen-bond donors (Lipinski definition) is 1. The van der Waals surface area contributed by atoms with Gasteiger partial charge in [-0.15, -0.1) is 0 Å². The lowest BCUT2D eigenvalue weighted by Crippen LogP contribution is -2.25. The number of nitrogens with zero attached hydrogens (tertiary/aromatic N) is 5. The Morgan fingerprint density at radius 1 is 1.00 bits per heavy atom. The fraction of sp³-hybridized carbons (Fsp3) is 0.360. The van der Waals surface area contributed by atoms with Crippen molar-refractivity contribution < 1.29 is 18.0 Å². The zero-order valence-electron chi connectivity index (χ0n) is 20.3. The van der Waals surface area contributed by atoms with Crippen LogP contribution in [-0.2, 0) is 23.9 Å². The summed E-state index contributed by atoms with van der Waals surface area (Å²) < 4.78 is 44.6. The third-order valence-corrected chi connectivity index (χ3v) is 6.02. The molecule has 0 radical (unpaired) electrons. The molecule has 0 aliphatic rings. The molecule has 4 rings (SSSR count). The molecule has 0 fully saturated rings. The summed E-state index contributed by atoms with van der Waals surface area (Å²) in [5.41, 5.74) is 5.18. The number of carbonyl (C=O) groups is 1. The van der Waals surface area contributed by atoms with Crippen LogP contribution in [0.1, 0.15) is 51.6 Å². The number of aryl methyl sites for hydroxylation is 5. The molecule has 1 aromatic carbocycles. The molecule has 0 aliphatic carbocycles. The molecule has 1 N–H and O–H groups in total. The van der Waals surface area contributed by atoms with Crippen molar-refractivity contribution in [1.82, 2.24) is 29.7 Å². The van der Waals surface area contributed by atoms with Gasteiger partial charge in [-0.2, -0.15) is 23.4 Å². The maximum atomic E-state index is 13.8. The summed E-state index contributed by atoms with van der Waals surface area (Å²) in [6.45, 7) is 9.02. The van der Waals surface area contributed by atoms with E-state index in [1.54, 1.807) is 30.5 Å². The van der Waals surface area contributed by atoms with Gasteiger partial charge in [0.1, 0.15) is 0 Å². The van der Waals surface area contributed by atoms with E-state index < -0.39 is 11.7 Å². The van der Waals surface area contributed by atoms with Crippen molar-refractivity contribution in [2.24, 2.45) is 0 Å². The first-order valence-electron chi connectivity index (χ1n) is 11.3. The highest BCUT2D eigenvalue weighted by atomic mass is 19.4. The number of hydrogen-bond acceptors (Lipinski definition) is 4. The molecule has 0 unspecified atom stereocenters. The topological polar surface area (TPSA) is 77.1 Å². The van der Waals surface area contributed by atoms with Crippen molar-refractivity contribution in [2.75, 3.05) is 0 Å². The van der Waals surface area contributed by atoms with E-state index in [1.165, 1.54) is 10.7 Å². The average molecular weight is 485 g/mol. The standard InChI is InChI=1S/C25H27F3N6O/c1-14-10-16(3)33(31-14)20-7-6-19(22(12-20)25(26,27)28)13-29-24(35)9-8-21-17(4)30-23-11-15(2)32-34(23)18(21)5/h6-7,10-12H,8-9,13H2,1-5H3,(H,29,35). The normalized spacial score (nSPS) is 11.9. The highest BCUT2D eigenvalue weighted by Crippen LogP contribution is 2.33. The smallest absolute Gasteiger partial charge is 0.352 e. The van der Waals surface area contributed by atoms with Crippen molar-refractivity contribution in [2.45, 2.75) is 60.2 Å². The molecule has 0 atom stereocenters. The molecular weight excluding hydrogens is 457 g/mol. The van der Waals surface area contributed by atoms with E-state index in [1.807, 2.05) is 26.8 Å². The van der Waals surface area contributed by atoms with E-state index in [4.69, 9.17) is 0 Å². The molecule has 0 bridgehead atoms. The maximum absolute atomic E-state index is 13.8. The van der Waals surface area contributed by atoms with Gasteiger partial charge < -0.3 is 5.32 Å². The van der Waals surface area contributed by atoms with Crippen LogP contribution >= 0.6 is 0 Å². The summed E-state index contributed by atoms with van der Waals surface area (Å²) >= 11 is 0. The van der Waals surface area contributed by atoms with Gasteiger partial charge in [0.25, 0.3) is 0 Å². The molecule has 3 aromatic heterocycles. The molecule has 0 saturated carbocycles. The molecule has 4 aromatic rings. The number of rotatable bonds is 6. The molecule has 10 heteroatoms. The first-order valence-corrected chi connectivity index (χ1v) is 11.3. The van der Waals surface area contributed by atoms with E-state index >= 15 is 0 Å². The number of aromatic nitrogens is 5. The first-order chi connectivity index (χ1) is 16.4. The lowest BCUT2D eigenvalue weighted by molar-refractivity contribution is -0.138. The Bertz CT molecular complexity index is 1420. The lowest BCUT2D eigenvalue weighted by atomic mass is 10.0. The lowest BCUT2D eigenvalue weighted by Gasteiger charge is -2.16. The second-order valence-electron chi connectivity index (χ2n) is 8.77. The number of fused-ring (bicyclic) bond motifs is 1. The van der Waals surface area contributed by atoms with E-state index in [9.17, 15) is 18.0 Å². The summed E-state index contributed by atoms with van der Waals surface area (Å²) in [6, 6.07) is 7.72. The zero-order chi connectivity index (χ0) is 25.5. The van der Waals surface area contributed by atoms with Crippen molar-refractivity contribution in [1.29, 1.82) is 0 Å². The van der Waals surface area contributed by atoms with Gasteiger partial charge in [-0.1, -0.05) is 6.07 Å². The Morgan fingerprint density at radius 3 is 2.37 bits per heavy atom. The zero-order valence-corrected chi connectivity index (χ0v) is 20.3. The maximum Gasteiger partial charge on any atom is 0.416 e. The van der Waals surface area contributed by atoms with Gasteiger partial charge >= 0.3 is 6.18 Å². The largest absolute Gasteiger partial charge is 0.416 e. The number of alkyl halides is 3. The first kappa shape index (κ1) is 24.4. The predicted molar refractivity (Wildman–Crippen MR) is 125 cm³/mol. The van der Waals surface area contributed by atoms with Crippen LogP contribution in [0.4, 0.5) is 13.2 Å². The molecule has 0 saturated heterocycles. The number of benzene rings is 1. The fourth-order valence-electron chi connectivity index (χ4n) is 4.33. The fourth-order valence-corrected chi connectivity index (χ4v) is 4.33. The van der Waals surface area contributed by atoms with E-state index in [0.717, 1.165) is 45.7 Å². The van der Waals surface area contributed by atoms with Crippen molar-refractivity contribution in [3.63, 3.8) is 0 Å². The molecule has 0 spiro atoms. The Labute approximate surface area is 201 Å². The summed E-state index contributed by atoms with van der Waals surface area (Å²) in [6.07, 6.45) is -4.03. The third kappa shape index (κ3) is 5.06. The molecule has 184 valence electrons. The van der Waals surface area contributed by atoms with Crippen LogP contribution in [0.15, 0.2) is 30.3 Å². The Hall–Kier alpha value is -3.69. The van der Waals surface area contributed by atoms with Crippen molar-refractivity contribution >= 4 is 11.6 Å². The van der Waals surface area contributed by atoms with Crippen LogP contribution in [0.2, 0.25) is 0 Å². The van der Waals surface area contributed by atoms with Crippen LogP contribution < -0.4 is 5.32 Å². The average Bonchev–Trinajstić information content (AvgIpc) is 3.31. The predicted octanol–water partition coefficient (Wildman–Crippen LogP) is 4.72. The van der Waals surface area contributed by atoms with E-state index in [2.05, 4.69) is 20.5 Å². The number of halogens is 3. The van der Waals surface area contributed by atoms with Crippen molar-refractivity contribution in [3.05, 3.63) is 75.5 Å². The van der Waals surface area contributed by atoms with Gasteiger partial charge in [0.2, 0.25) is 5.91 Å². The number of nitrogens with one attached hydrogen (secondary N) is 1. The molecule has 1 amide bonds. The third-order valence-electron chi connectivity index (χ3n) is 6.02. The summed E-state index contributed by atoms with van der Waals surface area (Å²) in [5, 5.41) is 11.3. The monoisotopic (exact) mass is 484 g/mol. The van der Waals surface area contributed by atoms with Crippen LogP contribution in [-0.4, -0.2) is 30.3 Å². The minimum absolute atomic E-state index is 0.00130. The van der Waals surface area contributed by atoms with Crippen LogP contribution in [0.5, 0.6) is 0 Å². The number of amides is 1. The summed E-state index contributed by atoms with van der Waals surface area (Å²) in [4.78, 5) is 17.1. The van der Waals surface area contributed by atoms with Gasteiger partial charge in [0.05, 0.1) is 22.6 Å².